The highest BCUT2D eigenvalue weighted by atomic mass is 16.5. The van der Waals surface area contributed by atoms with Crippen LogP contribution in [0.15, 0.2) is 34.4 Å². The Kier molecular flexibility index (Phi) is 4.82. The smallest absolute Gasteiger partial charge is 0.337 e. The zero-order chi connectivity index (χ0) is 18.2. The molecule has 6 nitrogen and oxygen atoms in total. The lowest BCUT2D eigenvalue weighted by Gasteiger charge is -2.51. The fourth-order valence-electron chi connectivity index (χ4n) is 4.24. The maximum absolute atomic E-state index is 12.2. The Morgan fingerprint density at radius 2 is 2.16 bits per heavy atom. The zero-order valence-corrected chi connectivity index (χ0v) is 15.6. The summed E-state index contributed by atoms with van der Waals surface area (Å²) in [7, 11) is 3.36. The Bertz CT molecular complexity index is 664. The minimum atomic E-state index is -0.288. The maximum Gasteiger partial charge on any atom is 0.337 e. The van der Waals surface area contributed by atoms with Crippen molar-refractivity contribution in [2.24, 2.45) is 11.1 Å². The highest BCUT2D eigenvalue weighted by Crippen LogP contribution is 2.50. The molecule has 3 rings (SSSR count). The minimum Gasteiger partial charge on any atom is -0.497 e. The third-order valence-electron chi connectivity index (χ3n) is 5.71. The number of carbonyl (C=O) groups excluding carboxylic acids is 1. The van der Waals surface area contributed by atoms with Gasteiger partial charge >= 0.3 is 5.97 Å². The van der Waals surface area contributed by atoms with E-state index in [1.165, 1.54) is 5.57 Å². The van der Waals surface area contributed by atoms with Gasteiger partial charge in [0.25, 0.3) is 0 Å². The summed E-state index contributed by atoms with van der Waals surface area (Å²) in [4.78, 5) is 14.5. The Morgan fingerprint density at radius 1 is 1.40 bits per heavy atom. The number of piperidine rings is 1. The average Bonchev–Trinajstić information content (AvgIpc) is 2.60. The number of hydrogen-bond donors (Lipinski definition) is 1. The quantitative estimate of drug-likeness (QED) is 0.784. The van der Waals surface area contributed by atoms with Gasteiger partial charge < -0.3 is 19.9 Å². The first-order valence-corrected chi connectivity index (χ1v) is 8.85. The first-order chi connectivity index (χ1) is 11.9. The van der Waals surface area contributed by atoms with Crippen molar-refractivity contribution in [1.82, 2.24) is 4.90 Å². The summed E-state index contributed by atoms with van der Waals surface area (Å²) in [5, 5.41) is 0. The summed E-state index contributed by atoms with van der Waals surface area (Å²) >= 11 is 0. The zero-order valence-electron chi connectivity index (χ0n) is 15.6. The van der Waals surface area contributed by atoms with Crippen LogP contribution in [0.5, 0.6) is 0 Å². The van der Waals surface area contributed by atoms with Crippen molar-refractivity contribution in [2.75, 3.05) is 33.9 Å². The number of fused-ring (bicyclic) bond motifs is 3. The molecule has 3 aliphatic rings. The van der Waals surface area contributed by atoms with E-state index in [4.69, 9.17) is 19.9 Å². The highest BCUT2D eigenvalue weighted by molar-refractivity contribution is 5.90. The van der Waals surface area contributed by atoms with Crippen molar-refractivity contribution in [2.45, 2.75) is 39.2 Å². The molecule has 2 aliphatic heterocycles. The van der Waals surface area contributed by atoms with Crippen molar-refractivity contribution < 1.29 is 19.0 Å². The van der Waals surface area contributed by atoms with Gasteiger partial charge in [0, 0.05) is 31.1 Å². The van der Waals surface area contributed by atoms with E-state index in [0.717, 1.165) is 30.9 Å². The van der Waals surface area contributed by atoms with Crippen LogP contribution in [0.3, 0.4) is 0 Å². The van der Waals surface area contributed by atoms with E-state index in [0.29, 0.717) is 30.8 Å². The van der Waals surface area contributed by atoms with Crippen LogP contribution in [-0.4, -0.2) is 50.8 Å². The molecule has 1 fully saturated rings. The van der Waals surface area contributed by atoms with Gasteiger partial charge in [-0.3, -0.25) is 4.90 Å². The largest absolute Gasteiger partial charge is 0.497 e. The molecule has 0 amide bonds. The summed E-state index contributed by atoms with van der Waals surface area (Å²) in [5.41, 5.74) is 8.87. The predicted molar refractivity (Wildman–Crippen MR) is 94.3 cm³/mol. The number of ether oxygens (including phenoxy) is 3. The summed E-state index contributed by atoms with van der Waals surface area (Å²) in [6, 6.07) is 0.195. The second-order valence-electron chi connectivity index (χ2n) is 7.20. The van der Waals surface area contributed by atoms with Gasteiger partial charge in [-0.2, -0.15) is 0 Å². The number of esters is 1. The van der Waals surface area contributed by atoms with Gasteiger partial charge in [0.15, 0.2) is 5.76 Å². The van der Waals surface area contributed by atoms with Crippen molar-refractivity contribution >= 4 is 5.97 Å². The van der Waals surface area contributed by atoms with Gasteiger partial charge in [-0.15, -0.1) is 0 Å². The Morgan fingerprint density at radius 3 is 2.80 bits per heavy atom. The Hall–Kier alpha value is -1.95. The van der Waals surface area contributed by atoms with Crippen LogP contribution in [0.2, 0.25) is 0 Å². The van der Waals surface area contributed by atoms with Crippen LogP contribution >= 0.6 is 0 Å². The van der Waals surface area contributed by atoms with E-state index < -0.39 is 0 Å². The van der Waals surface area contributed by atoms with Crippen molar-refractivity contribution in [3.05, 3.63) is 34.4 Å². The lowest BCUT2D eigenvalue weighted by atomic mass is 9.66. The number of carbonyl (C=O) groups is 1. The highest BCUT2D eigenvalue weighted by Gasteiger charge is 2.46. The molecule has 0 aromatic rings. The normalized spacial score (nSPS) is 29.6. The molecule has 0 spiro atoms. The molecular weight excluding hydrogens is 320 g/mol. The number of methoxy groups -OCH3 is 2. The molecule has 138 valence electrons. The fraction of sp³-hybridized carbons (Fsp3) is 0.632. The van der Waals surface area contributed by atoms with Crippen LogP contribution in [0.4, 0.5) is 0 Å². The molecule has 6 heteroatoms. The third kappa shape index (κ3) is 3.03. The van der Waals surface area contributed by atoms with Gasteiger partial charge in [0.2, 0.25) is 0 Å². The van der Waals surface area contributed by atoms with Crippen molar-refractivity contribution in [3.8, 4) is 0 Å². The van der Waals surface area contributed by atoms with Crippen LogP contribution in [-0.2, 0) is 19.0 Å². The van der Waals surface area contributed by atoms with Gasteiger partial charge in [0.1, 0.15) is 5.76 Å². The molecule has 2 unspecified atom stereocenters. The standard InChI is InChI=1S/C19H28N2O4/c1-5-25-18(22)12-11-21-7-6-19(2)10-17(24-4)16(23-3)8-13(19)15(21)9-14(12)20/h8,15H,5-7,9-11,20H2,1-4H3. The summed E-state index contributed by atoms with van der Waals surface area (Å²) in [5.74, 6) is 1.40. The minimum absolute atomic E-state index is 0.0379. The molecule has 2 N–H and O–H groups in total. The summed E-state index contributed by atoms with van der Waals surface area (Å²) in [6.45, 7) is 5.93. The number of nitrogens with zero attached hydrogens (tertiary/aromatic N) is 1. The first kappa shape index (κ1) is 17.9. The van der Waals surface area contributed by atoms with Crippen LogP contribution in [0.1, 0.15) is 33.1 Å². The van der Waals surface area contributed by atoms with Gasteiger partial charge in [-0.05, 0) is 37.0 Å². The molecule has 1 aliphatic carbocycles. The van der Waals surface area contributed by atoms with Crippen LogP contribution < -0.4 is 5.73 Å². The van der Waals surface area contributed by atoms with E-state index in [-0.39, 0.29) is 17.4 Å². The molecule has 2 atom stereocenters. The van der Waals surface area contributed by atoms with Gasteiger partial charge in [-0.25, -0.2) is 4.79 Å². The van der Waals surface area contributed by atoms with E-state index in [1.807, 2.05) is 6.92 Å². The third-order valence-corrected chi connectivity index (χ3v) is 5.71. The second kappa shape index (κ2) is 6.75. The lowest BCUT2D eigenvalue weighted by molar-refractivity contribution is -0.139. The second-order valence-corrected chi connectivity index (χ2v) is 7.20. The molecule has 25 heavy (non-hydrogen) atoms. The molecule has 0 saturated carbocycles. The summed E-state index contributed by atoms with van der Waals surface area (Å²) in [6.07, 6.45) is 4.60. The Balaban J connectivity index is 1.94. The monoisotopic (exact) mass is 348 g/mol. The number of allylic oxidation sites excluding steroid dienone is 2. The van der Waals surface area contributed by atoms with E-state index in [9.17, 15) is 4.79 Å². The van der Waals surface area contributed by atoms with Crippen molar-refractivity contribution in [3.63, 3.8) is 0 Å². The fourth-order valence-corrected chi connectivity index (χ4v) is 4.24. The molecule has 2 heterocycles. The van der Waals surface area contributed by atoms with Crippen LogP contribution in [0.25, 0.3) is 0 Å². The molecule has 0 radical (unpaired) electrons. The lowest BCUT2D eigenvalue weighted by Crippen LogP contribution is -2.53. The predicted octanol–water partition coefficient (Wildman–Crippen LogP) is 2.08. The molecule has 0 bridgehead atoms. The topological polar surface area (TPSA) is 74.0 Å². The Labute approximate surface area is 149 Å². The van der Waals surface area contributed by atoms with Crippen molar-refractivity contribution in [1.29, 1.82) is 0 Å². The molecular formula is C19H28N2O4. The molecule has 0 aromatic carbocycles. The maximum atomic E-state index is 12.2. The summed E-state index contributed by atoms with van der Waals surface area (Å²) < 4.78 is 16.2. The number of nitrogens with two attached hydrogens (primary N) is 1. The number of hydrogen-bond acceptors (Lipinski definition) is 6. The average molecular weight is 348 g/mol. The van der Waals surface area contributed by atoms with Gasteiger partial charge in [0.05, 0.1) is 26.4 Å². The van der Waals surface area contributed by atoms with E-state index in [1.54, 1.807) is 14.2 Å². The molecule has 0 aromatic heterocycles. The SMILES string of the molecule is CCOC(=O)C1=C(N)CC2C3=CC(OC)=C(OC)CC3(C)CCN2C1. The number of rotatable bonds is 4. The molecule has 1 saturated heterocycles. The van der Waals surface area contributed by atoms with E-state index in [2.05, 4.69) is 17.9 Å². The first-order valence-electron chi connectivity index (χ1n) is 8.85. The van der Waals surface area contributed by atoms with E-state index >= 15 is 0 Å². The van der Waals surface area contributed by atoms with Gasteiger partial charge in [-0.1, -0.05) is 6.92 Å². The van der Waals surface area contributed by atoms with Crippen LogP contribution in [0, 0.1) is 5.41 Å².